The third kappa shape index (κ3) is 5.48. The highest BCUT2D eigenvalue weighted by atomic mass is 79.9. The molecule has 0 aliphatic carbocycles. The largest absolute Gasteiger partial charge is 0.507 e. The van der Waals surface area contributed by atoms with E-state index in [-0.39, 0.29) is 22.2 Å². The van der Waals surface area contributed by atoms with Crippen LogP contribution >= 0.6 is 15.9 Å². The fourth-order valence-corrected chi connectivity index (χ4v) is 3.33. The summed E-state index contributed by atoms with van der Waals surface area (Å²) in [5, 5.41) is 23.2. The van der Waals surface area contributed by atoms with E-state index in [1.54, 1.807) is 18.2 Å². The molecule has 0 saturated heterocycles. The fraction of sp³-hybridized carbons (Fsp3) is 0.333. The van der Waals surface area contributed by atoms with Crippen LogP contribution in [-0.4, -0.2) is 11.0 Å². The second kappa shape index (κ2) is 8.42. The van der Waals surface area contributed by atoms with Crippen molar-refractivity contribution >= 4 is 33.6 Å². The lowest BCUT2D eigenvalue weighted by atomic mass is 9.78. The van der Waals surface area contributed by atoms with Gasteiger partial charge in [0.05, 0.1) is 5.69 Å². The van der Waals surface area contributed by atoms with Gasteiger partial charge in [-0.1, -0.05) is 53.7 Å². The van der Waals surface area contributed by atoms with E-state index in [1.807, 2.05) is 71.9 Å². The van der Waals surface area contributed by atoms with Crippen LogP contribution in [0.15, 0.2) is 46.4 Å². The summed E-state index contributed by atoms with van der Waals surface area (Å²) >= 11 is 3.39. The van der Waals surface area contributed by atoms with Crippen molar-refractivity contribution in [1.82, 2.24) is 0 Å². The minimum Gasteiger partial charge on any atom is -0.507 e. The molecule has 1 amide bonds. The van der Waals surface area contributed by atoms with Gasteiger partial charge in [-0.2, -0.15) is 5.26 Å². The number of benzene rings is 2. The van der Waals surface area contributed by atoms with Gasteiger partial charge in [-0.15, -0.1) is 0 Å². The van der Waals surface area contributed by atoms with Crippen molar-refractivity contribution in [3.8, 4) is 11.8 Å². The molecule has 29 heavy (non-hydrogen) atoms. The highest BCUT2D eigenvalue weighted by Crippen LogP contribution is 2.40. The second-order valence-electron chi connectivity index (χ2n) is 9.07. The molecule has 2 aromatic rings. The van der Waals surface area contributed by atoms with Gasteiger partial charge < -0.3 is 10.4 Å². The zero-order chi connectivity index (χ0) is 22.0. The number of para-hydroxylation sites is 1. The topological polar surface area (TPSA) is 73.1 Å². The summed E-state index contributed by atoms with van der Waals surface area (Å²) in [6.07, 6.45) is 1.57. The molecule has 4 nitrogen and oxygen atoms in total. The molecule has 0 radical (unpaired) electrons. The minimum absolute atomic E-state index is 0.00818. The Morgan fingerprint density at radius 1 is 1.07 bits per heavy atom. The van der Waals surface area contributed by atoms with Crippen LogP contribution in [0.25, 0.3) is 6.08 Å². The van der Waals surface area contributed by atoms with Gasteiger partial charge in [0.1, 0.15) is 17.4 Å². The molecule has 0 bridgehead atoms. The van der Waals surface area contributed by atoms with Gasteiger partial charge in [0.15, 0.2) is 0 Å². The van der Waals surface area contributed by atoms with E-state index < -0.39 is 5.91 Å². The van der Waals surface area contributed by atoms with Gasteiger partial charge in [0.25, 0.3) is 5.91 Å². The number of hydrogen-bond donors (Lipinski definition) is 2. The molecule has 0 aromatic heterocycles. The Morgan fingerprint density at radius 3 is 2.03 bits per heavy atom. The normalized spacial score (nSPS) is 12.4. The van der Waals surface area contributed by atoms with Crippen molar-refractivity contribution in [3.05, 3.63) is 63.1 Å². The number of carbonyl (C=O) groups excluding carboxylic acids is 1. The maximum absolute atomic E-state index is 12.7. The number of amides is 1. The quantitative estimate of drug-likeness (QED) is 0.422. The number of carbonyl (C=O) groups is 1. The Morgan fingerprint density at radius 2 is 1.59 bits per heavy atom. The highest BCUT2D eigenvalue weighted by molar-refractivity contribution is 9.10. The number of aromatic hydroxyl groups is 1. The van der Waals surface area contributed by atoms with Crippen LogP contribution in [0.5, 0.6) is 5.75 Å². The molecule has 0 saturated carbocycles. The molecule has 0 aliphatic heterocycles. The number of nitrogens with zero attached hydrogens (tertiary/aromatic N) is 1. The van der Waals surface area contributed by atoms with Crippen molar-refractivity contribution in [1.29, 1.82) is 5.26 Å². The molecule has 2 N–H and O–H groups in total. The molecule has 0 aliphatic rings. The number of phenols is 1. The average molecular weight is 455 g/mol. The van der Waals surface area contributed by atoms with Crippen LogP contribution in [0.4, 0.5) is 5.69 Å². The Labute approximate surface area is 181 Å². The predicted octanol–water partition coefficient (Wildman–Crippen LogP) is 6.30. The van der Waals surface area contributed by atoms with E-state index in [2.05, 4.69) is 21.2 Å². The van der Waals surface area contributed by atoms with Gasteiger partial charge >= 0.3 is 0 Å². The summed E-state index contributed by atoms with van der Waals surface area (Å²) in [7, 11) is 0. The molecular formula is C24H27BrN2O2. The first-order chi connectivity index (χ1) is 13.3. The Hall–Kier alpha value is -2.58. The number of anilines is 1. The smallest absolute Gasteiger partial charge is 0.266 e. The van der Waals surface area contributed by atoms with Crippen LogP contribution in [0.2, 0.25) is 0 Å². The lowest BCUT2D eigenvalue weighted by molar-refractivity contribution is -0.112. The lowest BCUT2D eigenvalue weighted by Crippen LogP contribution is -2.18. The summed E-state index contributed by atoms with van der Waals surface area (Å²) in [6.45, 7) is 12.1. The number of halogens is 1. The van der Waals surface area contributed by atoms with Crippen LogP contribution in [-0.2, 0) is 15.6 Å². The molecule has 0 heterocycles. The zero-order valence-corrected chi connectivity index (χ0v) is 19.3. The first kappa shape index (κ1) is 22.7. The number of nitrogens with one attached hydrogen (secondary N) is 1. The first-order valence-corrected chi connectivity index (χ1v) is 10.2. The van der Waals surface area contributed by atoms with E-state index in [0.717, 1.165) is 15.6 Å². The van der Waals surface area contributed by atoms with Gasteiger partial charge in [-0.25, -0.2) is 0 Å². The molecule has 0 spiro atoms. The first-order valence-electron chi connectivity index (χ1n) is 9.40. The SMILES string of the molecule is CC(C)(C)c1cc(C=C(C#N)C(=O)Nc2ccccc2Br)cc(C(C)(C)C)c1O. The summed E-state index contributed by atoms with van der Waals surface area (Å²) < 4.78 is 0.736. The van der Waals surface area contributed by atoms with Crippen molar-refractivity contribution in [2.24, 2.45) is 0 Å². The van der Waals surface area contributed by atoms with E-state index in [0.29, 0.717) is 11.3 Å². The summed E-state index contributed by atoms with van der Waals surface area (Å²) in [6, 6.07) is 12.9. The maximum Gasteiger partial charge on any atom is 0.266 e. The standard InChI is InChI=1S/C24H27BrN2O2/c1-23(2,3)17-12-15(13-18(21(17)28)24(4,5)6)11-16(14-26)22(29)27-20-10-8-7-9-19(20)25/h7-13,28H,1-6H3,(H,27,29). The van der Waals surface area contributed by atoms with Gasteiger partial charge in [0, 0.05) is 15.6 Å². The summed E-state index contributed by atoms with van der Waals surface area (Å²) in [5.74, 6) is -0.222. The van der Waals surface area contributed by atoms with E-state index >= 15 is 0 Å². The molecule has 2 rings (SSSR count). The minimum atomic E-state index is -0.484. The molecular weight excluding hydrogens is 428 g/mol. The summed E-state index contributed by atoms with van der Waals surface area (Å²) in [5.41, 5.74) is 2.26. The molecule has 0 fully saturated rings. The Kier molecular flexibility index (Phi) is 6.60. The lowest BCUT2D eigenvalue weighted by Gasteiger charge is -2.28. The number of rotatable bonds is 3. The third-order valence-electron chi connectivity index (χ3n) is 4.55. The molecule has 0 unspecified atom stereocenters. The Bertz CT molecular complexity index is 968. The van der Waals surface area contributed by atoms with Crippen LogP contribution in [0.1, 0.15) is 58.2 Å². The second-order valence-corrected chi connectivity index (χ2v) is 9.92. The maximum atomic E-state index is 12.7. The fourth-order valence-electron chi connectivity index (χ4n) is 2.95. The van der Waals surface area contributed by atoms with Crippen LogP contribution < -0.4 is 5.32 Å². The molecule has 152 valence electrons. The summed E-state index contributed by atoms with van der Waals surface area (Å²) in [4.78, 5) is 12.7. The predicted molar refractivity (Wildman–Crippen MR) is 122 cm³/mol. The number of phenolic OH excluding ortho intramolecular Hbond substituents is 1. The van der Waals surface area contributed by atoms with Gasteiger partial charge in [-0.05, 0) is 62.7 Å². The van der Waals surface area contributed by atoms with Crippen LogP contribution in [0.3, 0.4) is 0 Å². The van der Waals surface area contributed by atoms with Gasteiger partial charge in [0.2, 0.25) is 0 Å². The van der Waals surface area contributed by atoms with E-state index in [9.17, 15) is 15.2 Å². The third-order valence-corrected chi connectivity index (χ3v) is 5.24. The van der Waals surface area contributed by atoms with Gasteiger partial charge in [-0.3, -0.25) is 4.79 Å². The molecule has 0 atom stereocenters. The van der Waals surface area contributed by atoms with Crippen molar-refractivity contribution in [3.63, 3.8) is 0 Å². The van der Waals surface area contributed by atoms with Crippen molar-refractivity contribution < 1.29 is 9.90 Å². The average Bonchev–Trinajstić information content (AvgIpc) is 2.60. The zero-order valence-electron chi connectivity index (χ0n) is 17.7. The van der Waals surface area contributed by atoms with Crippen molar-refractivity contribution in [2.75, 3.05) is 5.32 Å². The highest BCUT2D eigenvalue weighted by Gasteiger charge is 2.26. The molecule has 5 heteroatoms. The Balaban J connectivity index is 2.54. The monoisotopic (exact) mass is 454 g/mol. The number of hydrogen-bond acceptors (Lipinski definition) is 3. The van der Waals surface area contributed by atoms with E-state index in [4.69, 9.17) is 0 Å². The molecule has 2 aromatic carbocycles. The number of nitriles is 1. The van der Waals surface area contributed by atoms with Crippen LogP contribution in [0, 0.1) is 11.3 Å². The van der Waals surface area contributed by atoms with Crippen molar-refractivity contribution in [2.45, 2.75) is 52.4 Å². The van der Waals surface area contributed by atoms with E-state index in [1.165, 1.54) is 0 Å².